The highest BCUT2D eigenvalue weighted by molar-refractivity contribution is 5.72. The van der Waals surface area contributed by atoms with Gasteiger partial charge in [-0.1, -0.05) is 0 Å². The Morgan fingerprint density at radius 2 is 1.93 bits per heavy atom. The quantitative estimate of drug-likeness (QED) is 0.817. The van der Waals surface area contributed by atoms with Gasteiger partial charge in [0, 0.05) is 42.2 Å². The Labute approximate surface area is 172 Å². The Morgan fingerprint density at radius 1 is 1.23 bits per heavy atom. The molecule has 7 nitrogen and oxygen atoms in total. The van der Waals surface area contributed by atoms with Crippen LogP contribution in [0.25, 0.3) is 5.65 Å². The van der Waals surface area contributed by atoms with E-state index in [1.54, 1.807) is 13.8 Å². The van der Waals surface area contributed by atoms with Crippen molar-refractivity contribution < 1.29 is 23.4 Å². The van der Waals surface area contributed by atoms with Gasteiger partial charge in [-0.2, -0.15) is 9.61 Å². The third-order valence-corrected chi connectivity index (χ3v) is 6.44. The smallest absolute Gasteiger partial charge is 0.332 e. The average molecular weight is 421 g/mol. The molecule has 0 aromatic carbocycles. The van der Waals surface area contributed by atoms with Crippen molar-refractivity contribution in [3.05, 3.63) is 38.9 Å². The summed E-state index contributed by atoms with van der Waals surface area (Å²) in [6, 6.07) is 1.85. The number of ether oxygens (including phenoxy) is 1. The van der Waals surface area contributed by atoms with Gasteiger partial charge in [0.2, 0.25) is 5.92 Å². The van der Waals surface area contributed by atoms with Crippen LogP contribution in [-0.4, -0.2) is 44.3 Å². The van der Waals surface area contributed by atoms with Crippen LogP contribution in [0.15, 0.2) is 10.9 Å². The predicted molar refractivity (Wildman–Crippen MR) is 104 cm³/mol. The first-order chi connectivity index (χ1) is 14.2. The highest BCUT2D eigenvalue weighted by atomic mass is 19.3. The number of aliphatic carboxylic acids is 1. The maximum atomic E-state index is 13.7. The van der Waals surface area contributed by atoms with E-state index in [1.165, 1.54) is 4.52 Å². The molecule has 2 aromatic rings. The molecule has 4 rings (SSSR count). The molecular weight excluding hydrogens is 396 g/mol. The Morgan fingerprint density at radius 3 is 2.60 bits per heavy atom. The SMILES string of the molecule is Cc1nc2c(C3CCC(F)(F)CC3)cc(C3CCOC(C(=O)O)C3)nn2c(=O)c1C. The number of hydrogen-bond donors (Lipinski definition) is 1. The molecular formula is C21H25F2N3O4. The highest BCUT2D eigenvalue weighted by Crippen LogP contribution is 2.42. The average Bonchev–Trinajstić information content (AvgIpc) is 2.72. The van der Waals surface area contributed by atoms with Crippen LogP contribution in [0.5, 0.6) is 0 Å². The number of hydrogen-bond acceptors (Lipinski definition) is 5. The first-order valence-corrected chi connectivity index (χ1v) is 10.3. The molecule has 1 aliphatic heterocycles. The standard InChI is InChI=1S/C21H25F2N3O4/c1-11-12(2)24-18-15(13-3-6-21(22,23)7-4-13)10-16(25-26(18)19(11)27)14-5-8-30-17(9-14)20(28)29/h10,13-14,17H,3-9H2,1-2H3,(H,28,29). The highest BCUT2D eigenvalue weighted by Gasteiger charge is 2.37. The van der Waals surface area contributed by atoms with Crippen molar-refractivity contribution in [1.29, 1.82) is 0 Å². The van der Waals surface area contributed by atoms with E-state index >= 15 is 0 Å². The number of aromatic nitrogens is 3. The predicted octanol–water partition coefficient (Wildman–Crippen LogP) is 3.35. The fourth-order valence-corrected chi connectivity index (χ4v) is 4.44. The number of alkyl halides is 2. The van der Waals surface area contributed by atoms with Crippen LogP contribution < -0.4 is 5.56 Å². The van der Waals surface area contributed by atoms with Crippen molar-refractivity contribution in [3.8, 4) is 0 Å². The van der Waals surface area contributed by atoms with Crippen molar-refractivity contribution >= 4 is 11.6 Å². The molecule has 1 N–H and O–H groups in total. The Kier molecular flexibility index (Phi) is 5.34. The fraction of sp³-hybridized carbons (Fsp3) is 0.619. The number of rotatable bonds is 3. The van der Waals surface area contributed by atoms with Gasteiger partial charge in [0.15, 0.2) is 11.8 Å². The van der Waals surface area contributed by atoms with E-state index < -0.39 is 18.0 Å². The normalized spacial score (nSPS) is 24.8. The summed E-state index contributed by atoms with van der Waals surface area (Å²) in [6.45, 7) is 3.72. The minimum absolute atomic E-state index is 0.148. The zero-order chi connectivity index (χ0) is 21.6. The monoisotopic (exact) mass is 421 g/mol. The lowest BCUT2D eigenvalue weighted by Crippen LogP contribution is -2.33. The third-order valence-electron chi connectivity index (χ3n) is 6.44. The summed E-state index contributed by atoms with van der Waals surface area (Å²) >= 11 is 0. The van der Waals surface area contributed by atoms with Gasteiger partial charge in [-0.15, -0.1) is 0 Å². The van der Waals surface area contributed by atoms with E-state index in [0.29, 0.717) is 41.9 Å². The van der Waals surface area contributed by atoms with E-state index in [0.717, 1.165) is 5.56 Å². The topological polar surface area (TPSA) is 93.8 Å². The second-order valence-corrected chi connectivity index (χ2v) is 8.44. The molecule has 2 atom stereocenters. The molecule has 2 aromatic heterocycles. The fourth-order valence-electron chi connectivity index (χ4n) is 4.44. The summed E-state index contributed by atoms with van der Waals surface area (Å²) in [7, 11) is 0. The number of carboxylic acids is 1. The van der Waals surface area contributed by atoms with Crippen molar-refractivity contribution in [1.82, 2.24) is 14.6 Å². The molecule has 2 unspecified atom stereocenters. The van der Waals surface area contributed by atoms with Gasteiger partial charge >= 0.3 is 5.97 Å². The molecule has 0 radical (unpaired) electrons. The maximum Gasteiger partial charge on any atom is 0.332 e. The zero-order valence-electron chi connectivity index (χ0n) is 17.0. The van der Waals surface area contributed by atoms with Gasteiger partial charge in [0.05, 0.1) is 5.69 Å². The van der Waals surface area contributed by atoms with E-state index in [-0.39, 0.29) is 43.3 Å². The second-order valence-electron chi connectivity index (χ2n) is 8.44. The Hall–Kier alpha value is -2.42. The minimum atomic E-state index is -2.66. The number of carbonyl (C=O) groups is 1. The van der Waals surface area contributed by atoms with Gasteiger partial charge in [-0.25, -0.2) is 18.6 Å². The molecule has 162 valence electrons. The van der Waals surface area contributed by atoms with Crippen LogP contribution in [0, 0.1) is 13.8 Å². The summed E-state index contributed by atoms with van der Waals surface area (Å²) in [4.78, 5) is 28.9. The summed E-state index contributed by atoms with van der Waals surface area (Å²) in [5.41, 5.74) is 2.53. The van der Waals surface area contributed by atoms with Crippen LogP contribution in [0.2, 0.25) is 0 Å². The van der Waals surface area contributed by atoms with E-state index in [9.17, 15) is 23.5 Å². The first-order valence-electron chi connectivity index (χ1n) is 10.3. The van der Waals surface area contributed by atoms with Gasteiger partial charge in [-0.3, -0.25) is 4.79 Å². The van der Waals surface area contributed by atoms with Crippen molar-refractivity contribution in [2.45, 2.75) is 76.2 Å². The van der Waals surface area contributed by atoms with E-state index in [4.69, 9.17) is 4.74 Å². The number of fused-ring (bicyclic) bond motifs is 1. The molecule has 0 amide bonds. The largest absolute Gasteiger partial charge is 0.479 e. The van der Waals surface area contributed by atoms with E-state index in [2.05, 4.69) is 10.1 Å². The summed E-state index contributed by atoms with van der Waals surface area (Å²) < 4.78 is 34.0. The van der Waals surface area contributed by atoms with Gasteiger partial charge in [0.25, 0.3) is 5.56 Å². The maximum absolute atomic E-state index is 13.7. The second kappa shape index (κ2) is 7.68. The molecule has 1 saturated heterocycles. The number of carboxylic acid groups (broad SMARTS) is 1. The first kappa shape index (κ1) is 20.8. The minimum Gasteiger partial charge on any atom is -0.479 e. The molecule has 3 heterocycles. The third kappa shape index (κ3) is 3.82. The van der Waals surface area contributed by atoms with Gasteiger partial charge in [-0.05, 0) is 51.5 Å². The lowest BCUT2D eigenvalue weighted by atomic mass is 9.81. The molecule has 2 aliphatic rings. The van der Waals surface area contributed by atoms with Crippen molar-refractivity contribution in [2.24, 2.45) is 0 Å². The molecule has 0 bridgehead atoms. The van der Waals surface area contributed by atoms with E-state index in [1.807, 2.05) is 6.07 Å². The molecule has 0 spiro atoms. The van der Waals surface area contributed by atoms with Crippen LogP contribution >= 0.6 is 0 Å². The molecule has 2 fully saturated rings. The van der Waals surface area contributed by atoms with Gasteiger partial charge < -0.3 is 9.84 Å². The number of halogens is 2. The van der Waals surface area contributed by atoms with Gasteiger partial charge in [0.1, 0.15) is 0 Å². The molecule has 1 saturated carbocycles. The Bertz CT molecular complexity index is 1040. The summed E-state index contributed by atoms with van der Waals surface area (Å²) in [5, 5.41) is 13.8. The lowest BCUT2D eigenvalue weighted by Gasteiger charge is -2.30. The van der Waals surface area contributed by atoms with Crippen LogP contribution in [0.3, 0.4) is 0 Å². The zero-order valence-corrected chi connectivity index (χ0v) is 17.0. The number of aryl methyl sites for hydroxylation is 1. The van der Waals surface area contributed by atoms with Crippen molar-refractivity contribution in [3.63, 3.8) is 0 Å². The van der Waals surface area contributed by atoms with Crippen LogP contribution in [-0.2, 0) is 9.53 Å². The molecule has 9 heteroatoms. The van der Waals surface area contributed by atoms with Crippen LogP contribution in [0.1, 0.15) is 72.9 Å². The molecule has 30 heavy (non-hydrogen) atoms. The van der Waals surface area contributed by atoms with Crippen molar-refractivity contribution in [2.75, 3.05) is 6.61 Å². The number of nitrogens with zero attached hydrogens (tertiary/aromatic N) is 3. The Balaban J connectivity index is 1.82. The van der Waals surface area contributed by atoms with Crippen LogP contribution in [0.4, 0.5) is 8.78 Å². The lowest BCUT2D eigenvalue weighted by molar-refractivity contribution is -0.153. The summed E-state index contributed by atoms with van der Waals surface area (Å²) in [6.07, 6.45) is 0.123. The molecule has 1 aliphatic carbocycles. The summed E-state index contributed by atoms with van der Waals surface area (Å²) in [5.74, 6) is -4.03.